The molecule has 1 atom stereocenters. The minimum Gasteiger partial charge on any atom is -0.384 e. The fourth-order valence-corrected chi connectivity index (χ4v) is 4.15. The zero-order valence-corrected chi connectivity index (χ0v) is 18.7. The number of nitrogens with zero attached hydrogens (tertiary/aromatic N) is 2. The molecule has 9 heteroatoms. The predicted octanol–water partition coefficient (Wildman–Crippen LogP) is 2.43. The topological polar surface area (TPSA) is 83.6 Å². The summed E-state index contributed by atoms with van der Waals surface area (Å²) in [6.07, 6.45) is 3.19. The lowest BCUT2D eigenvalue weighted by atomic mass is 9.77. The maximum Gasteiger partial charge on any atom is 0.231 e. The molecule has 0 aliphatic carbocycles. The number of ether oxygens (including phenoxy) is 1. The Labute approximate surface area is 185 Å². The van der Waals surface area contributed by atoms with Gasteiger partial charge in [0.15, 0.2) is 0 Å². The van der Waals surface area contributed by atoms with Gasteiger partial charge in [-0.25, -0.2) is 4.98 Å². The van der Waals surface area contributed by atoms with E-state index < -0.39 is 5.41 Å². The largest absolute Gasteiger partial charge is 0.384 e. The number of hydrogen-bond acceptors (Lipinski definition) is 5. The number of hydrogen-bond donors (Lipinski definition) is 2. The van der Waals surface area contributed by atoms with Gasteiger partial charge in [-0.05, 0) is 57.8 Å². The average molecular weight is 447 g/mol. The van der Waals surface area contributed by atoms with Gasteiger partial charge in [0.05, 0.1) is 17.9 Å². The highest BCUT2D eigenvalue weighted by Gasteiger charge is 2.43. The Hall–Kier alpha value is -1.41. The smallest absolute Gasteiger partial charge is 0.231 e. The van der Waals surface area contributed by atoms with Crippen LogP contribution < -0.4 is 10.6 Å². The lowest BCUT2D eigenvalue weighted by Gasteiger charge is -2.42. The van der Waals surface area contributed by atoms with Crippen LogP contribution in [0.2, 0.25) is 0 Å². The van der Waals surface area contributed by atoms with Crippen molar-refractivity contribution in [3.05, 3.63) is 23.9 Å². The van der Waals surface area contributed by atoms with Gasteiger partial charge in [-0.3, -0.25) is 9.59 Å². The quantitative estimate of drug-likeness (QED) is 0.725. The van der Waals surface area contributed by atoms with Crippen LogP contribution in [-0.2, 0) is 14.3 Å². The van der Waals surface area contributed by atoms with Crippen molar-refractivity contribution in [3.8, 4) is 0 Å². The van der Waals surface area contributed by atoms with Gasteiger partial charge in [-0.2, -0.15) is 0 Å². The fraction of sp³-hybridized carbons (Fsp3) is 0.650. The number of anilines is 1. The number of aromatic nitrogens is 1. The van der Waals surface area contributed by atoms with Crippen molar-refractivity contribution >= 4 is 42.4 Å². The first kappa shape index (κ1) is 25.6. The first-order valence-corrected chi connectivity index (χ1v) is 9.78. The molecule has 3 rings (SSSR count). The van der Waals surface area contributed by atoms with Gasteiger partial charge in [0, 0.05) is 25.9 Å². The Balaban J connectivity index is 0.00000210. The van der Waals surface area contributed by atoms with Crippen LogP contribution in [0, 0.1) is 18.3 Å². The number of aryl methyl sites for hydroxylation is 1. The predicted molar refractivity (Wildman–Crippen MR) is 118 cm³/mol. The van der Waals surface area contributed by atoms with Crippen LogP contribution in [0.1, 0.15) is 31.4 Å². The molecule has 0 radical (unpaired) electrons. The number of rotatable bonds is 5. The molecule has 0 saturated carbocycles. The molecule has 29 heavy (non-hydrogen) atoms. The number of carbonyl (C=O) groups excluding carboxylic acids is 2. The van der Waals surface area contributed by atoms with E-state index in [0.717, 1.165) is 44.5 Å². The molecule has 2 aliphatic rings. The van der Waals surface area contributed by atoms with E-state index in [9.17, 15) is 9.59 Å². The summed E-state index contributed by atoms with van der Waals surface area (Å²) in [6, 6.07) is 5.56. The molecule has 2 aliphatic heterocycles. The first-order chi connectivity index (χ1) is 13.0. The highest BCUT2D eigenvalue weighted by molar-refractivity contribution is 5.92. The lowest BCUT2D eigenvalue weighted by molar-refractivity contribution is -0.150. The van der Waals surface area contributed by atoms with Crippen LogP contribution in [-0.4, -0.2) is 61.6 Å². The van der Waals surface area contributed by atoms with E-state index in [2.05, 4.69) is 15.6 Å². The highest BCUT2D eigenvalue weighted by Crippen LogP contribution is 2.33. The molecule has 0 bridgehead atoms. The SMILES string of the molecule is COCC1(C(=O)N2CCCC(C(=O)Nc3cccc(C)n3)C2)CCNCC1.Cl.Cl. The second-order valence-corrected chi connectivity index (χ2v) is 7.71. The number of halogens is 2. The van der Waals surface area contributed by atoms with Gasteiger partial charge in [0.2, 0.25) is 11.8 Å². The summed E-state index contributed by atoms with van der Waals surface area (Å²) in [4.78, 5) is 32.2. The second-order valence-electron chi connectivity index (χ2n) is 7.71. The van der Waals surface area contributed by atoms with Crippen LogP contribution in [0.25, 0.3) is 0 Å². The number of pyridine rings is 1. The number of carbonyl (C=O) groups is 2. The van der Waals surface area contributed by atoms with E-state index in [1.54, 1.807) is 13.2 Å². The van der Waals surface area contributed by atoms with Crippen molar-refractivity contribution in [2.24, 2.45) is 11.3 Å². The molecule has 2 fully saturated rings. The van der Waals surface area contributed by atoms with E-state index in [0.29, 0.717) is 25.5 Å². The second kappa shape index (κ2) is 11.7. The number of likely N-dealkylation sites (tertiary alicyclic amines) is 1. The van der Waals surface area contributed by atoms with E-state index >= 15 is 0 Å². The monoisotopic (exact) mass is 446 g/mol. The summed E-state index contributed by atoms with van der Waals surface area (Å²) in [5.74, 6) is 0.442. The minimum atomic E-state index is -0.462. The Kier molecular flexibility index (Phi) is 10.3. The van der Waals surface area contributed by atoms with Crippen molar-refractivity contribution in [2.75, 3.05) is 45.2 Å². The summed E-state index contributed by atoms with van der Waals surface area (Å²) < 4.78 is 5.40. The Morgan fingerprint density at radius 1 is 1.31 bits per heavy atom. The summed E-state index contributed by atoms with van der Waals surface area (Å²) in [5.41, 5.74) is 0.400. The summed E-state index contributed by atoms with van der Waals surface area (Å²) in [6.45, 7) is 5.16. The maximum atomic E-state index is 13.3. The van der Waals surface area contributed by atoms with Crippen molar-refractivity contribution in [1.82, 2.24) is 15.2 Å². The minimum absolute atomic E-state index is 0. The number of amides is 2. The van der Waals surface area contributed by atoms with Crippen LogP contribution in [0.5, 0.6) is 0 Å². The third-order valence-electron chi connectivity index (χ3n) is 5.65. The van der Waals surface area contributed by atoms with E-state index in [1.165, 1.54) is 0 Å². The van der Waals surface area contributed by atoms with Crippen molar-refractivity contribution in [3.63, 3.8) is 0 Å². The Morgan fingerprint density at radius 2 is 2.03 bits per heavy atom. The molecule has 1 aromatic heterocycles. The molecular weight excluding hydrogens is 415 g/mol. The van der Waals surface area contributed by atoms with Crippen LogP contribution in [0.4, 0.5) is 5.82 Å². The number of methoxy groups -OCH3 is 1. The molecule has 2 saturated heterocycles. The van der Waals surface area contributed by atoms with E-state index in [4.69, 9.17) is 4.74 Å². The molecule has 2 amide bonds. The standard InChI is InChI=1S/C20H30N4O3.2ClH/c1-15-5-3-7-17(22-15)23-18(25)16-6-4-12-24(13-16)19(26)20(14-27-2)8-10-21-11-9-20;;/h3,5,7,16,21H,4,6,8-14H2,1-2H3,(H,22,23,25);2*1H. The van der Waals surface area contributed by atoms with Gasteiger partial charge in [0.1, 0.15) is 5.82 Å². The third-order valence-corrected chi connectivity index (χ3v) is 5.65. The Morgan fingerprint density at radius 3 is 2.69 bits per heavy atom. The van der Waals surface area contributed by atoms with Gasteiger partial charge in [-0.1, -0.05) is 6.07 Å². The van der Waals surface area contributed by atoms with Crippen molar-refractivity contribution in [1.29, 1.82) is 0 Å². The van der Waals surface area contributed by atoms with Crippen molar-refractivity contribution < 1.29 is 14.3 Å². The summed E-state index contributed by atoms with van der Waals surface area (Å²) in [7, 11) is 1.65. The molecule has 164 valence electrons. The number of nitrogens with one attached hydrogen (secondary N) is 2. The van der Waals surface area contributed by atoms with Crippen molar-refractivity contribution in [2.45, 2.75) is 32.6 Å². The summed E-state index contributed by atoms with van der Waals surface area (Å²) in [5, 5.41) is 6.22. The molecule has 1 unspecified atom stereocenters. The maximum absolute atomic E-state index is 13.3. The van der Waals surface area contributed by atoms with E-state index in [1.807, 2.05) is 24.0 Å². The lowest BCUT2D eigenvalue weighted by Crippen LogP contribution is -2.54. The summed E-state index contributed by atoms with van der Waals surface area (Å²) >= 11 is 0. The van der Waals surface area contributed by atoms with Crippen LogP contribution >= 0.6 is 24.8 Å². The molecule has 0 spiro atoms. The first-order valence-electron chi connectivity index (χ1n) is 9.78. The van der Waals surface area contributed by atoms with Gasteiger partial charge < -0.3 is 20.3 Å². The van der Waals surface area contributed by atoms with Crippen LogP contribution in [0.3, 0.4) is 0 Å². The highest BCUT2D eigenvalue weighted by atomic mass is 35.5. The molecular formula is C20H32Cl2N4O3. The Bertz CT molecular complexity index is 678. The normalized spacial score (nSPS) is 20.8. The molecule has 2 N–H and O–H groups in total. The van der Waals surface area contributed by atoms with Gasteiger partial charge >= 0.3 is 0 Å². The fourth-order valence-electron chi connectivity index (χ4n) is 4.15. The average Bonchev–Trinajstić information content (AvgIpc) is 2.68. The molecule has 7 nitrogen and oxygen atoms in total. The van der Waals surface area contributed by atoms with Crippen LogP contribution in [0.15, 0.2) is 18.2 Å². The zero-order valence-electron chi connectivity index (χ0n) is 17.1. The third kappa shape index (κ3) is 6.28. The number of piperidine rings is 2. The van der Waals surface area contributed by atoms with Gasteiger partial charge in [0.25, 0.3) is 0 Å². The molecule has 1 aromatic rings. The zero-order chi connectivity index (χ0) is 19.3. The van der Waals surface area contributed by atoms with E-state index in [-0.39, 0.29) is 42.5 Å². The molecule has 0 aromatic carbocycles. The molecule has 3 heterocycles. The van der Waals surface area contributed by atoms with Gasteiger partial charge in [-0.15, -0.1) is 24.8 Å².